The SMILES string of the molecule is Cc1ccc(N2CC(c3nc(-c4ccc(C(C)(C)C)cc4)no3)CC2=O)cc1F. The molecule has 1 saturated heterocycles. The Kier molecular flexibility index (Phi) is 4.73. The normalized spacial score (nSPS) is 17.2. The van der Waals surface area contributed by atoms with Crippen LogP contribution < -0.4 is 4.90 Å². The second kappa shape index (κ2) is 7.10. The Morgan fingerprint density at radius 2 is 1.86 bits per heavy atom. The summed E-state index contributed by atoms with van der Waals surface area (Å²) in [7, 11) is 0. The molecule has 0 saturated carbocycles. The molecule has 4 rings (SSSR count). The molecule has 1 amide bonds. The van der Waals surface area contributed by atoms with Crippen molar-refractivity contribution in [1.29, 1.82) is 0 Å². The molecule has 1 aliphatic rings. The third kappa shape index (κ3) is 3.79. The molecule has 150 valence electrons. The number of carbonyl (C=O) groups is 1. The Bertz CT molecular complexity index is 1050. The molecule has 0 radical (unpaired) electrons. The van der Waals surface area contributed by atoms with Crippen molar-refractivity contribution in [2.75, 3.05) is 11.4 Å². The maximum atomic E-state index is 13.9. The minimum absolute atomic E-state index is 0.0735. The van der Waals surface area contributed by atoms with Crippen LogP contribution in [0.2, 0.25) is 0 Å². The summed E-state index contributed by atoms with van der Waals surface area (Å²) < 4.78 is 19.4. The predicted octanol–water partition coefficient (Wildman–Crippen LogP) is 5.00. The lowest BCUT2D eigenvalue weighted by atomic mass is 9.87. The average Bonchev–Trinajstić information content (AvgIpc) is 3.30. The number of aryl methyl sites for hydroxylation is 1. The van der Waals surface area contributed by atoms with Crippen molar-refractivity contribution < 1.29 is 13.7 Å². The van der Waals surface area contributed by atoms with Gasteiger partial charge in [-0.15, -0.1) is 0 Å². The summed E-state index contributed by atoms with van der Waals surface area (Å²) in [4.78, 5) is 18.6. The first-order chi connectivity index (χ1) is 13.7. The van der Waals surface area contributed by atoms with Crippen LogP contribution in [0, 0.1) is 12.7 Å². The number of amides is 1. The molecule has 1 aliphatic heterocycles. The number of hydrogen-bond donors (Lipinski definition) is 0. The summed E-state index contributed by atoms with van der Waals surface area (Å²) in [5.41, 5.74) is 3.28. The first-order valence-corrected chi connectivity index (χ1v) is 9.73. The summed E-state index contributed by atoms with van der Waals surface area (Å²) >= 11 is 0. The van der Waals surface area contributed by atoms with Gasteiger partial charge in [0.2, 0.25) is 17.6 Å². The fraction of sp³-hybridized carbons (Fsp3) is 0.348. The van der Waals surface area contributed by atoms with Crippen LogP contribution in [0.1, 0.15) is 50.1 Å². The Labute approximate surface area is 169 Å². The first kappa shape index (κ1) is 19.3. The highest BCUT2D eigenvalue weighted by Gasteiger charge is 2.35. The largest absolute Gasteiger partial charge is 0.339 e. The lowest BCUT2D eigenvalue weighted by Crippen LogP contribution is -2.24. The molecule has 1 unspecified atom stereocenters. The zero-order valence-corrected chi connectivity index (χ0v) is 17.1. The highest BCUT2D eigenvalue weighted by atomic mass is 19.1. The molecule has 0 spiro atoms. The van der Waals surface area contributed by atoms with E-state index >= 15 is 0 Å². The van der Waals surface area contributed by atoms with Gasteiger partial charge < -0.3 is 9.42 Å². The summed E-state index contributed by atoms with van der Waals surface area (Å²) in [6.07, 6.45) is 0.264. The van der Waals surface area contributed by atoms with Crippen molar-refractivity contribution in [2.45, 2.75) is 45.4 Å². The third-order valence-corrected chi connectivity index (χ3v) is 5.39. The van der Waals surface area contributed by atoms with E-state index in [2.05, 4.69) is 43.0 Å². The molecule has 1 atom stereocenters. The molecular formula is C23H24FN3O2. The topological polar surface area (TPSA) is 59.2 Å². The Balaban J connectivity index is 1.52. The second-order valence-electron chi connectivity index (χ2n) is 8.62. The predicted molar refractivity (Wildman–Crippen MR) is 109 cm³/mol. The van der Waals surface area contributed by atoms with Gasteiger partial charge in [0.1, 0.15) is 5.82 Å². The second-order valence-corrected chi connectivity index (χ2v) is 8.62. The molecular weight excluding hydrogens is 369 g/mol. The van der Waals surface area contributed by atoms with Gasteiger partial charge >= 0.3 is 0 Å². The number of halogens is 1. The number of carbonyl (C=O) groups excluding carboxylic acids is 1. The molecule has 5 nitrogen and oxygen atoms in total. The molecule has 6 heteroatoms. The van der Waals surface area contributed by atoms with E-state index < -0.39 is 0 Å². The van der Waals surface area contributed by atoms with Gasteiger partial charge in [0.15, 0.2) is 0 Å². The summed E-state index contributed by atoms with van der Waals surface area (Å²) in [6.45, 7) is 8.58. The molecule has 29 heavy (non-hydrogen) atoms. The molecule has 1 fully saturated rings. The van der Waals surface area contributed by atoms with E-state index in [1.165, 1.54) is 11.6 Å². The molecule has 2 heterocycles. The van der Waals surface area contributed by atoms with Crippen LogP contribution in [0.15, 0.2) is 47.0 Å². The minimum atomic E-state index is -0.322. The fourth-order valence-corrected chi connectivity index (χ4v) is 3.51. The van der Waals surface area contributed by atoms with Crippen molar-refractivity contribution in [2.24, 2.45) is 0 Å². The van der Waals surface area contributed by atoms with Crippen molar-refractivity contribution in [3.8, 4) is 11.4 Å². The summed E-state index contributed by atoms with van der Waals surface area (Å²) in [5.74, 6) is 0.336. The summed E-state index contributed by atoms with van der Waals surface area (Å²) in [5, 5.41) is 4.10. The van der Waals surface area contributed by atoms with E-state index in [4.69, 9.17) is 4.52 Å². The van der Waals surface area contributed by atoms with Gasteiger partial charge in [0.25, 0.3) is 0 Å². The third-order valence-electron chi connectivity index (χ3n) is 5.39. The lowest BCUT2D eigenvalue weighted by Gasteiger charge is -2.18. The minimum Gasteiger partial charge on any atom is -0.339 e. The number of hydrogen-bond acceptors (Lipinski definition) is 4. The number of rotatable bonds is 3. The summed E-state index contributed by atoms with van der Waals surface area (Å²) in [6, 6.07) is 12.9. The Hall–Kier alpha value is -3.02. The number of benzene rings is 2. The molecule has 0 N–H and O–H groups in total. The molecule has 2 aromatic carbocycles. The van der Waals surface area contributed by atoms with E-state index in [9.17, 15) is 9.18 Å². The maximum Gasteiger partial charge on any atom is 0.232 e. The van der Waals surface area contributed by atoms with Gasteiger partial charge in [-0.25, -0.2) is 4.39 Å². The van der Waals surface area contributed by atoms with Crippen LogP contribution in [0.3, 0.4) is 0 Å². The van der Waals surface area contributed by atoms with E-state index in [1.54, 1.807) is 24.0 Å². The van der Waals surface area contributed by atoms with Gasteiger partial charge in [-0.1, -0.05) is 56.3 Å². The molecule has 3 aromatic rings. The van der Waals surface area contributed by atoms with Crippen LogP contribution in [-0.4, -0.2) is 22.6 Å². The average molecular weight is 393 g/mol. The van der Waals surface area contributed by atoms with Crippen molar-refractivity contribution in [3.63, 3.8) is 0 Å². The molecule has 1 aromatic heterocycles. The van der Waals surface area contributed by atoms with Crippen molar-refractivity contribution in [3.05, 3.63) is 65.3 Å². The van der Waals surface area contributed by atoms with E-state index in [0.29, 0.717) is 29.5 Å². The van der Waals surface area contributed by atoms with E-state index in [1.807, 2.05) is 12.1 Å². The standard InChI is InChI=1S/C23H24FN3O2/c1-14-5-10-18(12-19(14)24)27-13-16(11-20(27)28)22-25-21(26-29-22)15-6-8-17(9-7-15)23(2,3)4/h5-10,12,16H,11,13H2,1-4H3. The van der Waals surface area contributed by atoms with Crippen LogP contribution >= 0.6 is 0 Å². The van der Waals surface area contributed by atoms with Gasteiger partial charge in [0.05, 0.1) is 5.92 Å². The van der Waals surface area contributed by atoms with E-state index in [-0.39, 0.29) is 29.5 Å². The number of anilines is 1. The fourth-order valence-electron chi connectivity index (χ4n) is 3.51. The van der Waals surface area contributed by atoms with Crippen LogP contribution in [0.4, 0.5) is 10.1 Å². The zero-order chi connectivity index (χ0) is 20.8. The zero-order valence-electron chi connectivity index (χ0n) is 17.1. The molecule has 0 aliphatic carbocycles. The molecule has 0 bridgehead atoms. The van der Waals surface area contributed by atoms with E-state index in [0.717, 1.165) is 5.56 Å². The van der Waals surface area contributed by atoms with Gasteiger partial charge in [-0.05, 0) is 35.6 Å². The lowest BCUT2D eigenvalue weighted by molar-refractivity contribution is -0.117. The monoisotopic (exact) mass is 393 g/mol. The Morgan fingerprint density at radius 3 is 2.52 bits per heavy atom. The van der Waals surface area contributed by atoms with Gasteiger partial charge in [-0.2, -0.15) is 4.98 Å². The highest BCUT2D eigenvalue weighted by Crippen LogP contribution is 2.33. The quantitative estimate of drug-likeness (QED) is 0.628. The van der Waals surface area contributed by atoms with Gasteiger partial charge in [0, 0.05) is 24.2 Å². The highest BCUT2D eigenvalue weighted by molar-refractivity contribution is 5.96. The maximum absolute atomic E-state index is 13.9. The van der Waals surface area contributed by atoms with Crippen molar-refractivity contribution >= 4 is 11.6 Å². The number of aromatic nitrogens is 2. The van der Waals surface area contributed by atoms with Crippen LogP contribution in [0.5, 0.6) is 0 Å². The number of nitrogens with zero attached hydrogens (tertiary/aromatic N) is 3. The van der Waals surface area contributed by atoms with Crippen LogP contribution in [-0.2, 0) is 10.2 Å². The van der Waals surface area contributed by atoms with Gasteiger partial charge in [-0.3, -0.25) is 4.79 Å². The smallest absolute Gasteiger partial charge is 0.232 e. The van der Waals surface area contributed by atoms with Crippen molar-refractivity contribution in [1.82, 2.24) is 10.1 Å². The first-order valence-electron chi connectivity index (χ1n) is 9.73. The Morgan fingerprint density at radius 1 is 1.14 bits per heavy atom. The van der Waals surface area contributed by atoms with Crippen LogP contribution in [0.25, 0.3) is 11.4 Å².